The van der Waals surface area contributed by atoms with Gasteiger partial charge in [-0.1, -0.05) is 43.5 Å². The van der Waals surface area contributed by atoms with E-state index in [1.54, 1.807) is 23.1 Å². The van der Waals surface area contributed by atoms with E-state index < -0.39 is 5.54 Å². The largest absolute Gasteiger partial charge is 0.369 e. The molecule has 1 saturated carbocycles. The van der Waals surface area contributed by atoms with E-state index in [4.69, 9.17) is 0 Å². The van der Waals surface area contributed by atoms with E-state index in [0.717, 1.165) is 12.8 Å². The molecule has 0 aromatic heterocycles. The maximum absolute atomic E-state index is 14.3. The van der Waals surface area contributed by atoms with E-state index >= 15 is 0 Å². The Morgan fingerprint density at radius 1 is 1.09 bits per heavy atom. The smallest absolute Gasteiger partial charge is 0.350 e. The molecule has 2 amide bonds. The fraction of sp³-hybridized carbons (Fsp3) is 0.481. The normalized spacial score (nSPS) is 26.2. The summed E-state index contributed by atoms with van der Waals surface area (Å²) in [5.74, 6) is 0.138. The minimum Gasteiger partial charge on any atom is -0.369 e. The molecular weight excluding hydrogens is 434 g/mol. The van der Waals surface area contributed by atoms with E-state index in [0.29, 0.717) is 49.1 Å². The van der Waals surface area contributed by atoms with Gasteiger partial charge in [0.2, 0.25) is 0 Å². The third-order valence-electron chi connectivity index (χ3n) is 7.68. The number of aliphatic imine (C=N–C) groups is 1. The lowest BCUT2D eigenvalue weighted by Gasteiger charge is -2.48. The summed E-state index contributed by atoms with van der Waals surface area (Å²) in [4.78, 5) is 21.7. The number of rotatable bonds is 4. The van der Waals surface area contributed by atoms with E-state index in [1.165, 1.54) is 37.5 Å². The Morgan fingerprint density at radius 3 is 2.62 bits per heavy atom. The average molecular weight is 467 g/mol. The molecule has 3 aliphatic rings. The van der Waals surface area contributed by atoms with Crippen molar-refractivity contribution in [3.63, 3.8) is 0 Å². The molecule has 34 heavy (non-hydrogen) atoms. The van der Waals surface area contributed by atoms with Gasteiger partial charge in [0, 0.05) is 36.4 Å². The van der Waals surface area contributed by atoms with Gasteiger partial charge in [0.15, 0.2) is 0 Å². The number of amidine groups is 1. The van der Waals surface area contributed by atoms with Crippen LogP contribution < -0.4 is 10.2 Å². The number of urea groups is 1. The van der Waals surface area contributed by atoms with Crippen molar-refractivity contribution in [2.24, 2.45) is 4.99 Å². The maximum atomic E-state index is 14.3. The van der Waals surface area contributed by atoms with Gasteiger partial charge in [-0.05, 0) is 56.9 Å². The molecule has 1 N–H and O–H groups in total. The Balaban J connectivity index is 1.44. The highest BCUT2D eigenvalue weighted by Crippen LogP contribution is 2.41. The number of likely N-dealkylation sites (tertiary alicyclic amines) is 1. The van der Waals surface area contributed by atoms with Crippen LogP contribution in [0.1, 0.15) is 57.4 Å². The van der Waals surface area contributed by atoms with Crippen LogP contribution in [0.15, 0.2) is 53.5 Å². The molecule has 2 atom stereocenters. The molecule has 2 fully saturated rings. The Morgan fingerprint density at radius 2 is 1.88 bits per heavy atom. The molecule has 2 heterocycles. The predicted molar refractivity (Wildman–Crippen MR) is 130 cm³/mol. The van der Waals surface area contributed by atoms with Gasteiger partial charge >= 0.3 is 6.03 Å². The SMILES string of the molecule is CC1CC2(CCN1Cc1ccccc1F)C(NC1CCCCC1)=NC(=O)N2c1cccc(F)c1. The fourth-order valence-corrected chi connectivity index (χ4v) is 5.89. The van der Waals surface area contributed by atoms with Gasteiger partial charge in [-0.2, -0.15) is 4.99 Å². The van der Waals surface area contributed by atoms with Gasteiger partial charge in [0.1, 0.15) is 23.0 Å². The van der Waals surface area contributed by atoms with Crippen molar-refractivity contribution in [2.75, 3.05) is 11.4 Å². The van der Waals surface area contributed by atoms with Gasteiger partial charge < -0.3 is 5.32 Å². The van der Waals surface area contributed by atoms with Crippen molar-refractivity contribution in [2.45, 2.75) is 76.0 Å². The molecular formula is C27H32F2N4O. The zero-order valence-electron chi connectivity index (χ0n) is 19.6. The first kappa shape index (κ1) is 23.0. The molecule has 2 aromatic rings. The molecule has 2 unspecified atom stereocenters. The highest BCUT2D eigenvalue weighted by molar-refractivity contribution is 6.16. The van der Waals surface area contributed by atoms with Crippen LogP contribution in [0.3, 0.4) is 0 Å². The third-order valence-corrected chi connectivity index (χ3v) is 7.68. The van der Waals surface area contributed by atoms with Crippen LogP contribution in [0, 0.1) is 11.6 Å². The molecule has 2 aliphatic heterocycles. The molecule has 1 saturated heterocycles. The molecule has 5 rings (SSSR count). The number of hydrogen-bond acceptors (Lipinski definition) is 3. The second-order valence-electron chi connectivity index (χ2n) is 9.93. The summed E-state index contributed by atoms with van der Waals surface area (Å²) in [7, 11) is 0. The number of nitrogens with zero attached hydrogens (tertiary/aromatic N) is 3. The summed E-state index contributed by atoms with van der Waals surface area (Å²) in [6.45, 7) is 3.31. The Labute approximate surface area is 199 Å². The first-order valence-corrected chi connectivity index (χ1v) is 12.4. The van der Waals surface area contributed by atoms with Gasteiger partial charge in [0.05, 0.1) is 0 Å². The topological polar surface area (TPSA) is 47.9 Å². The molecule has 180 valence electrons. The Bertz CT molecular complexity index is 1080. The van der Waals surface area contributed by atoms with Gasteiger partial charge in [-0.15, -0.1) is 0 Å². The van der Waals surface area contributed by atoms with Crippen LogP contribution in [0.25, 0.3) is 0 Å². The number of carbonyl (C=O) groups excluding carboxylic acids is 1. The average Bonchev–Trinajstić information content (AvgIpc) is 3.07. The van der Waals surface area contributed by atoms with Crippen molar-refractivity contribution < 1.29 is 13.6 Å². The summed E-state index contributed by atoms with van der Waals surface area (Å²) >= 11 is 0. The number of benzene rings is 2. The molecule has 1 spiro atoms. The zero-order valence-corrected chi connectivity index (χ0v) is 19.6. The lowest BCUT2D eigenvalue weighted by atomic mass is 9.80. The van der Waals surface area contributed by atoms with Crippen LogP contribution in [0.5, 0.6) is 0 Å². The van der Waals surface area contributed by atoms with Gasteiger partial charge in [-0.3, -0.25) is 9.80 Å². The molecule has 2 aromatic carbocycles. The maximum Gasteiger partial charge on any atom is 0.350 e. The van der Waals surface area contributed by atoms with Crippen molar-refractivity contribution in [3.8, 4) is 0 Å². The van der Waals surface area contributed by atoms with E-state index in [1.807, 2.05) is 12.1 Å². The summed E-state index contributed by atoms with van der Waals surface area (Å²) < 4.78 is 28.5. The molecule has 5 nitrogen and oxygen atoms in total. The standard InChI is InChI=1S/C27H32F2N4O/c1-19-17-27(14-15-32(19)18-20-8-5-6-13-24(20)29)25(30-22-10-3-2-4-11-22)31-26(34)33(27)23-12-7-9-21(28)16-23/h5-9,12-13,16,19,22H,2-4,10-11,14-15,17-18H2,1H3,(H,30,31,34). The monoisotopic (exact) mass is 466 g/mol. The summed E-state index contributed by atoms with van der Waals surface area (Å²) in [5.41, 5.74) is 0.543. The van der Waals surface area contributed by atoms with Crippen LogP contribution in [-0.2, 0) is 6.54 Å². The zero-order chi connectivity index (χ0) is 23.7. The summed E-state index contributed by atoms with van der Waals surface area (Å²) in [6.07, 6.45) is 7.01. The number of nitrogens with one attached hydrogen (secondary N) is 1. The highest BCUT2D eigenvalue weighted by Gasteiger charge is 2.53. The first-order valence-electron chi connectivity index (χ1n) is 12.4. The van der Waals surface area contributed by atoms with E-state index in [9.17, 15) is 13.6 Å². The minimum atomic E-state index is -0.659. The second kappa shape index (κ2) is 9.45. The van der Waals surface area contributed by atoms with E-state index in [-0.39, 0.29) is 23.7 Å². The highest BCUT2D eigenvalue weighted by atomic mass is 19.1. The number of hydrogen-bond donors (Lipinski definition) is 1. The Kier molecular flexibility index (Phi) is 6.38. The van der Waals surface area contributed by atoms with Crippen molar-refractivity contribution in [1.29, 1.82) is 0 Å². The third kappa shape index (κ3) is 4.33. The second-order valence-corrected chi connectivity index (χ2v) is 9.93. The van der Waals surface area contributed by atoms with Crippen LogP contribution >= 0.6 is 0 Å². The lowest BCUT2D eigenvalue weighted by molar-refractivity contribution is 0.120. The van der Waals surface area contributed by atoms with Crippen molar-refractivity contribution in [3.05, 3.63) is 65.7 Å². The van der Waals surface area contributed by atoms with E-state index in [2.05, 4.69) is 22.1 Å². The predicted octanol–water partition coefficient (Wildman–Crippen LogP) is 5.65. The van der Waals surface area contributed by atoms with Crippen LogP contribution in [0.2, 0.25) is 0 Å². The Hall–Kier alpha value is -2.80. The molecule has 7 heteroatoms. The van der Waals surface area contributed by atoms with Crippen molar-refractivity contribution in [1.82, 2.24) is 10.2 Å². The summed E-state index contributed by atoms with van der Waals surface area (Å²) in [5, 5.41) is 3.63. The van der Waals surface area contributed by atoms with Gasteiger partial charge in [-0.25, -0.2) is 13.6 Å². The molecule has 0 radical (unpaired) electrons. The fourth-order valence-electron chi connectivity index (χ4n) is 5.89. The van der Waals surface area contributed by atoms with Gasteiger partial charge in [0.25, 0.3) is 0 Å². The quantitative estimate of drug-likeness (QED) is 0.634. The number of piperidine rings is 1. The lowest BCUT2D eigenvalue weighted by Crippen LogP contribution is -2.63. The number of amides is 2. The number of carbonyl (C=O) groups is 1. The first-order chi connectivity index (χ1) is 16.5. The number of halogens is 2. The van der Waals surface area contributed by atoms with Crippen LogP contribution in [0.4, 0.5) is 19.3 Å². The number of anilines is 1. The molecule has 1 aliphatic carbocycles. The van der Waals surface area contributed by atoms with Crippen molar-refractivity contribution >= 4 is 17.6 Å². The van der Waals surface area contributed by atoms with Crippen LogP contribution in [-0.4, -0.2) is 40.9 Å². The molecule has 0 bridgehead atoms. The summed E-state index contributed by atoms with van der Waals surface area (Å²) in [6, 6.07) is 13.1. The minimum absolute atomic E-state index is 0.0775.